The number of aliphatic hydroxyl groups is 1. The molecular weight excluding hydrogens is 336 g/mol. The van der Waals surface area contributed by atoms with E-state index in [0.717, 1.165) is 33.4 Å². The predicted molar refractivity (Wildman–Crippen MR) is 108 cm³/mol. The van der Waals surface area contributed by atoms with Crippen LogP contribution in [0.2, 0.25) is 0 Å². The topological polar surface area (TPSA) is 38.7 Å². The fourth-order valence-electron chi connectivity index (χ4n) is 3.12. The van der Waals surface area contributed by atoms with Gasteiger partial charge < -0.3 is 14.6 Å². The maximum absolute atomic E-state index is 10.9. The van der Waals surface area contributed by atoms with Crippen molar-refractivity contribution in [1.29, 1.82) is 0 Å². The van der Waals surface area contributed by atoms with Gasteiger partial charge in [0.15, 0.2) is 0 Å². The lowest BCUT2D eigenvalue weighted by Crippen LogP contribution is -2.02. The highest BCUT2D eigenvalue weighted by Crippen LogP contribution is 2.34. The number of rotatable bonds is 5. The van der Waals surface area contributed by atoms with E-state index in [1.54, 1.807) is 7.11 Å². The highest BCUT2D eigenvalue weighted by atomic mass is 16.5. The molecule has 0 fully saturated rings. The molecule has 3 nitrogen and oxygen atoms in total. The van der Waals surface area contributed by atoms with Crippen molar-refractivity contribution in [2.24, 2.45) is 0 Å². The molecule has 3 heteroatoms. The minimum Gasteiger partial charge on any atom is -0.497 e. The second-order valence-corrected chi connectivity index (χ2v) is 6.32. The number of hydrogen-bond donors (Lipinski definition) is 1. The Morgan fingerprint density at radius 1 is 0.704 bits per heavy atom. The van der Waals surface area contributed by atoms with Gasteiger partial charge >= 0.3 is 0 Å². The highest BCUT2D eigenvalue weighted by Gasteiger charge is 2.16. The van der Waals surface area contributed by atoms with E-state index in [9.17, 15) is 5.11 Å². The van der Waals surface area contributed by atoms with Crippen LogP contribution in [-0.2, 0) is 0 Å². The first-order valence-corrected chi connectivity index (χ1v) is 8.82. The minimum absolute atomic E-state index is 0.635. The van der Waals surface area contributed by atoms with Crippen LogP contribution in [0.3, 0.4) is 0 Å². The molecule has 0 bridgehead atoms. The maximum Gasteiger partial charge on any atom is 0.133 e. The van der Waals surface area contributed by atoms with E-state index in [1.807, 2.05) is 78.9 Å². The van der Waals surface area contributed by atoms with Gasteiger partial charge in [-0.3, -0.25) is 0 Å². The van der Waals surface area contributed by atoms with E-state index in [1.165, 1.54) is 0 Å². The molecule has 0 spiro atoms. The van der Waals surface area contributed by atoms with Crippen LogP contribution in [0.1, 0.15) is 17.2 Å². The van der Waals surface area contributed by atoms with Crippen LogP contribution >= 0.6 is 0 Å². The van der Waals surface area contributed by atoms with Crippen LogP contribution in [0.25, 0.3) is 10.8 Å². The normalized spacial score (nSPS) is 11.9. The Morgan fingerprint density at radius 3 is 2.15 bits per heavy atom. The van der Waals surface area contributed by atoms with Crippen LogP contribution in [0.4, 0.5) is 0 Å². The zero-order chi connectivity index (χ0) is 18.6. The number of ether oxygens (including phenoxy) is 2. The molecule has 4 aromatic rings. The average Bonchev–Trinajstić information content (AvgIpc) is 2.73. The number of fused-ring (bicyclic) bond motifs is 1. The van der Waals surface area contributed by atoms with Gasteiger partial charge in [0.2, 0.25) is 0 Å². The zero-order valence-electron chi connectivity index (χ0n) is 15.0. The molecule has 1 unspecified atom stereocenters. The number of hydrogen-bond acceptors (Lipinski definition) is 3. The van der Waals surface area contributed by atoms with Gasteiger partial charge in [0.25, 0.3) is 0 Å². The van der Waals surface area contributed by atoms with E-state index in [-0.39, 0.29) is 0 Å². The Balaban J connectivity index is 1.65. The standard InChI is InChI=1S/C24H20O3/c1-26-20-13-11-18(12-14-20)24(25)22-8-4-5-9-23(22)27-21-15-10-17-6-2-3-7-19(17)16-21/h2-16,24-25H,1H3. The maximum atomic E-state index is 10.9. The van der Waals surface area contributed by atoms with E-state index >= 15 is 0 Å². The van der Waals surface area contributed by atoms with Crippen molar-refractivity contribution in [2.45, 2.75) is 6.10 Å². The Bertz CT molecular complexity index is 1050. The molecule has 27 heavy (non-hydrogen) atoms. The molecule has 1 N–H and O–H groups in total. The molecule has 0 aliphatic carbocycles. The molecule has 4 rings (SSSR count). The van der Waals surface area contributed by atoms with Gasteiger partial charge in [0.1, 0.15) is 23.4 Å². The largest absolute Gasteiger partial charge is 0.497 e. The van der Waals surface area contributed by atoms with Gasteiger partial charge in [-0.25, -0.2) is 0 Å². The fourth-order valence-corrected chi connectivity index (χ4v) is 3.12. The Morgan fingerprint density at radius 2 is 1.37 bits per heavy atom. The SMILES string of the molecule is COc1ccc(C(O)c2ccccc2Oc2ccc3ccccc3c2)cc1. The van der Waals surface area contributed by atoms with Crippen molar-refractivity contribution in [3.05, 3.63) is 102 Å². The van der Waals surface area contributed by atoms with Gasteiger partial charge in [0.05, 0.1) is 7.11 Å². The smallest absolute Gasteiger partial charge is 0.133 e. The second kappa shape index (κ2) is 7.52. The molecule has 0 saturated carbocycles. The van der Waals surface area contributed by atoms with Gasteiger partial charge in [0, 0.05) is 5.56 Å². The van der Waals surface area contributed by atoms with Crippen LogP contribution in [-0.4, -0.2) is 12.2 Å². The number of benzene rings is 4. The van der Waals surface area contributed by atoms with Crippen LogP contribution < -0.4 is 9.47 Å². The summed E-state index contributed by atoms with van der Waals surface area (Å²) in [7, 11) is 1.62. The van der Waals surface area contributed by atoms with Gasteiger partial charge in [-0.2, -0.15) is 0 Å². The molecule has 134 valence electrons. The van der Waals surface area contributed by atoms with Crippen molar-refractivity contribution in [1.82, 2.24) is 0 Å². The van der Waals surface area contributed by atoms with Crippen LogP contribution in [0.5, 0.6) is 17.2 Å². The Labute approximate surface area is 158 Å². The summed E-state index contributed by atoms with van der Waals surface area (Å²) in [6, 6.07) is 29.1. The second-order valence-electron chi connectivity index (χ2n) is 6.32. The molecule has 1 atom stereocenters. The Hall–Kier alpha value is -3.30. The molecule has 0 radical (unpaired) electrons. The first-order valence-electron chi connectivity index (χ1n) is 8.82. The van der Waals surface area contributed by atoms with Crippen LogP contribution in [0, 0.1) is 0 Å². The van der Waals surface area contributed by atoms with E-state index in [0.29, 0.717) is 5.75 Å². The molecule has 0 amide bonds. The summed E-state index contributed by atoms with van der Waals surface area (Å²) in [4.78, 5) is 0. The third kappa shape index (κ3) is 3.64. The summed E-state index contributed by atoms with van der Waals surface area (Å²) in [6.45, 7) is 0. The lowest BCUT2D eigenvalue weighted by molar-refractivity contribution is 0.216. The lowest BCUT2D eigenvalue weighted by Gasteiger charge is -2.17. The number of aliphatic hydroxyl groups excluding tert-OH is 1. The van der Waals surface area contributed by atoms with Crippen molar-refractivity contribution in [3.63, 3.8) is 0 Å². The van der Waals surface area contributed by atoms with E-state index in [4.69, 9.17) is 9.47 Å². The van der Waals surface area contributed by atoms with Crippen LogP contribution in [0.15, 0.2) is 91.0 Å². The third-order valence-electron chi connectivity index (χ3n) is 4.59. The first-order chi connectivity index (χ1) is 13.2. The summed E-state index contributed by atoms with van der Waals surface area (Å²) in [6.07, 6.45) is -0.785. The molecular formula is C24H20O3. The first kappa shape index (κ1) is 17.1. The summed E-state index contributed by atoms with van der Waals surface area (Å²) in [5.74, 6) is 2.13. The molecule has 0 saturated heterocycles. The van der Waals surface area contributed by atoms with Crippen molar-refractivity contribution < 1.29 is 14.6 Å². The molecule has 0 aliphatic heterocycles. The number of para-hydroxylation sites is 1. The van der Waals surface area contributed by atoms with Crippen molar-refractivity contribution >= 4 is 10.8 Å². The van der Waals surface area contributed by atoms with Gasteiger partial charge in [-0.1, -0.05) is 60.7 Å². The quantitative estimate of drug-likeness (QED) is 0.497. The lowest BCUT2D eigenvalue weighted by atomic mass is 10.0. The fraction of sp³-hybridized carbons (Fsp3) is 0.0833. The molecule has 0 heterocycles. The summed E-state index contributed by atoms with van der Waals surface area (Å²) >= 11 is 0. The summed E-state index contributed by atoms with van der Waals surface area (Å²) in [5.41, 5.74) is 1.50. The van der Waals surface area contributed by atoms with Gasteiger partial charge in [-0.15, -0.1) is 0 Å². The number of methoxy groups -OCH3 is 1. The monoisotopic (exact) mass is 356 g/mol. The summed E-state index contributed by atoms with van der Waals surface area (Å²) < 4.78 is 11.3. The van der Waals surface area contributed by atoms with E-state index < -0.39 is 6.10 Å². The minimum atomic E-state index is -0.785. The predicted octanol–water partition coefficient (Wildman–Crippen LogP) is 5.72. The molecule has 0 aliphatic rings. The molecule has 0 aromatic heterocycles. The Kier molecular flexibility index (Phi) is 4.77. The van der Waals surface area contributed by atoms with E-state index in [2.05, 4.69) is 12.1 Å². The van der Waals surface area contributed by atoms with Crippen molar-refractivity contribution in [2.75, 3.05) is 7.11 Å². The zero-order valence-corrected chi connectivity index (χ0v) is 15.0. The summed E-state index contributed by atoms with van der Waals surface area (Å²) in [5, 5.41) is 13.1. The highest BCUT2D eigenvalue weighted by molar-refractivity contribution is 5.83. The molecule has 4 aromatic carbocycles. The average molecular weight is 356 g/mol. The van der Waals surface area contributed by atoms with Gasteiger partial charge in [-0.05, 0) is 46.7 Å². The van der Waals surface area contributed by atoms with Crippen molar-refractivity contribution in [3.8, 4) is 17.2 Å². The third-order valence-corrected chi connectivity index (χ3v) is 4.59.